The van der Waals surface area contributed by atoms with Crippen molar-refractivity contribution in [2.45, 2.75) is 32.2 Å². The topological polar surface area (TPSA) is 120 Å². The summed E-state index contributed by atoms with van der Waals surface area (Å²) in [5.41, 5.74) is 11.0. The number of anilines is 2. The second-order valence-electron chi connectivity index (χ2n) is 4.08. The van der Waals surface area contributed by atoms with Crippen molar-refractivity contribution < 1.29 is 4.92 Å². The fourth-order valence-electron chi connectivity index (χ4n) is 1.61. The van der Waals surface area contributed by atoms with Gasteiger partial charge in [-0.05, 0) is 12.5 Å². The first-order valence-electron chi connectivity index (χ1n) is 5.96. The number of hydrogen-bond donors (Lipinski definition) is 3. The zero-order valence-corrected chi connectivity index (χ0v) is 10.4. The van der Waals surface area contributed by atoms with Gasteiger partial charge in [-0.3, -0.25) is 10.1 Å². The summed E-state index contributed by atoms with van der Waals surface area (Å²) >= 11 is 0. The number of nitrogen functional groups attached to an aromatic ring is 1. The molecule has 5 N–H and O–H groups in total. The molecular formula is C11H19N5O2. The highest BCUT2D eigenvalue weighted by molar-refractivity contribution is 5.57. The van der Waals surface area contributed by atoms with Crippen LogP contribution < -0.4 is 16.8 Å². The van der Waals surface area contributed by atoms with Crippen LogP contribution in [0.25, 0.3) is 0 Å². The third kappa shape index (κ3) is 3.85. The predicted octanol–water partition coefficient (Wildman–Crippen LogP) is 1.50. The fraction of sp³-hybridized carbons (Fsp3) is 0.545. The normalized spacial score (nSPS) is 12.1. The van der Waals surface area contributed by atoms with Crippen LogP contribution in [0.1, 0.15) is 26.2 Å². The Balaban J connectivity index is 2.72. The summed E-state index contributed by atoms with van der Waals surface area (Å²) in [7, 11) is 0. The lowest BCUT2D eigenvalue weighted by atomic mass is 10.1. The summed E-state index contributed by atoms with van der Waals surface area (Å²) in [5.74, 6) is 0.431. The van der Waals surface area contributed by atoms with Gasteiger partial charge in [0.05, 0.1) is 4.92 Å². The zero-order chi connectivity index (χ0) is 13.5. The SMILES string of the molecule is CCCCC(CN)Nc1ccc([N+](=O)[O-])c(N)n1. The molecule has 0 saturated carbocycles. The Kier molecular flexibility index (Phi) is 5.31. The molecule has 0 radical (unpaired) electrons. The molecule has 0 bridgehead atoms. The van der Waals surface area contributed by atoms with E-state index in [1.807, 2.05) is 0 Å². The number of nitrogens with zero attached hydrogens (tertiary/aromatic N) is 2. The van der Waals surface area contributed by atoms with Gasteiger partial charge in [0.2, 0.25) is 5.82 Å². The Labute approximate surface area is 106 Å². The molecule has 1 rings (SSSR count). The van der Waals surface area contributed by atoms with Gasteiger partial charge in [-0.25, -0.2) is 4.98 Å². The number of nitrogens with two attached hydrogens (primary N) is 2. The maximum absolute atomic E-state index is 10.6. The highest BCUT2D eigenvalue weighted by atomic mass is 16.6. The molecule has 0 aliphatic carbocycles. The van der Waals surface area contributed by atoms with Gasteiger partial charge in [0.1, 0.15) is 5.82 Å². The number of hydrogen-bond acceptors (Lipinski definition) is 6. The lowest BCUT2D eigenvalue weighted by Gasteiger charge is -2.17. The summed E-state index contributed by atoms with van der Waals surface area (Å²) in [4.78, 5) is 14.0. The molecule has 0 spiro atoms. The molecule has 0 fully saturated rings. The molecule has 0 aliphatic rings. The molecule has 100 valence electrons. The van der Waals surface area contributed by atoms with Crippen LogP contribution in [0, 0.1) is 10.1 Å². The second kappa shape index (κ2) is 6.75. The largest absolute Gasteiger partial charge is 0.378 e. The number of rotatable bonds is 7. The van der Waals surface area contributed by atoms with Gasteiger partial charge in [0, 0.05) is 18.7 Å². The average Bonchev–Trinajstić information content (AvgIpc) is 2.34. The Morgan fingerprint density at radius 3 is 2.78 bits per heavy atom. The minimum atomic E-state index is -0.552. The summed E-state index contributed by atoms with van der Waals surface area (Å²) in [5, 5.41) is 13.7. The Morgan fingerprint density at radius 1 is 1.56 bits per heavy atom. The molecule has 1 aromatic heterocycles. The molecule has 1 aromatic rings. The number of aromatic nitrogens is 1. The molecule has 0 aromatic carbocycles. The van der Waals surface area contributed by atoms with Crippen molar-refractivity contribution in [2.24, 2.45) is 5.73 Å². The predicted molar refractivity (Wildman–Crippen MR) is 71.3 cm³/mol. The van der Waals surface area contributed by atoms with Crippen LogP contribution in [0.4, 0.5) is 17.3 Å². The molecule has 18 heavy (non-hydrogen) atoms. The summed E-state index contributed by atoms with van der Waals surface area (Å²) in [6.45, 7) is 2.59. The smallest absolute Gasteiger partial charge is 0.311 e. The molecule has 1 atom stereocenters. The van der Waals surface area contributed by atoms with Crippen molar-refractivity contribution in [2.75, 3.05) is 17.6 Å². The number of nitrogens with one attached hydrogen (secondary N) is 1. The Morgan fingerprint density at radius 2 is 2.28 bits per heavy atom. The van der Waals surface area contributed by atoms with Crippen molar-refractivity contribution in [3.8, 4) is 0 Å². The van der Waals surface area contributed by atoms with E-state index in [9.17, 15) is 10.1 Å². The third-order valence-corrected chi connectivity index (χ3v) is 2.64. The van der Waals surface area contributed by atoms with E-state index < -0.39 is 4.92 Å². The van der Waals surface area contributed by atoms with Crippen LogP contribution in [-0.2, 0) is 0 Å². The lowest BCUT2D eigenvalue weighted by Crippen LogP contribution is -2.29. The maximum Gasteiger partial charge on any atom is 0.311 e. The van der Waals surface area contributed by atoms with Crippen molar-refractivity contribution in [1.29, 1.82) is 0 Å². The van der Waals surface area contributed by atoms with Crippen molar-refractivity contribution in [3.05, 3.63) is 22.2 Å². The quantitative estimate of drug-likeness (QED) is 0.500. The van der Waals surface area contributed by atoms with Gasteiger partial charge in [0.15, 0.2) is 0 Å². The molecule has 0 amide bonds. The monoisotopic (exact) mass is 253 g/mol. The molecule has 7 heteroatoms. The van der Waals surface area contributed by atoms with Crippen molar-refractivity contribution >= 4 is 17.3 Å². The molecule has 7 nitrogen and oxygen atoms in total. The van der Waals surface area contributed by atoms with Crippen molar-refractivity contribution in [3.63, 3.8) is 0 Å². The third-order valence-electron chi connectivity index (χ3n) is 2.64. The molecule has 0 aliphatic heterocycles. The first-order valence-corrected chi connectivity index (χ1v) is 5.96. The van der Waals surface area contributed by atoms with Gasteiger partial charge in [-0.15, -0.1) is 0 Å². The first-order chi connectivity index (χ1) is 8.58. The van der Waals surface area contributed by atoms with Crippen LogP contribution in [0.5, 0.6) is 0 Å². The van der Waals surface area contributed by atoms with E-state index in [0.29, 0.717) is 12.4 Å². The Bertz CT molecular complexity index is 410. The van der Waals surface area contributed by atoms with Gasteiger partial charge in [-0.2, -0.15) is 0 Å². The molecule has 1 heterocycles. The highest BCUT2D eigenvalue weighted by Crippen LogP contribution is 2.21. The molecule has 1 unspecified atom stereocenters. The van der Waals surface area contributed by atoms with E-state index in [4.69, 9.17) is 11.5 Å². The second-order valence-corrected chi connectivity index (χ2v) is 4.08. The van der Waals surface area contributed by atoms with Crippen LogP contribution >= 0.6 is 0 Å². The van der Waals surface area contributed by atoms with E-state index >= 15 is 0 Å². The van der Waals surface area contributed by atoms with E-state index in [1.165, 1.54) is 6.07 Å². The standard InChI is InChI=1S/C11H19N5O2/c1-2-3-4-8(7-12)14-10-6-5-9(16(17)18)11(13)15-10/h5-6,8H,2-4,7,12H2,1H3,(H3,13,14,15). The van der Waals surface area contributed by atoms with Crippen LogP contribution in [0.3, 0.4) is 0 Å². The number of nitro groups is 1. The fourth-order valence-corrected chi connectivity index (χ4v) is 1.61. The maximum atomic E-state index is 10.6. The van der Waals surface area contributed by atoms with E-state index in [2.05, 4.69) is 17.2 Å². The minimum Gasteiger partial charge on any atom is -0.378 e. The number of pyridine rings is 1. The van der Waals surface area contributed by atoms with Crippen LogP contribution in [0.15, 0.2) is 12.1 Å². The average molecular weight is 253 g/mol. The van der Waals surface area contributed by atoms with E-state index in [0.717, 1.165) is 19.3 Å². The van der Waals surface area contributed by atoms with Gasteiger partial charge < -0.3 is 16.8 Å². The highest BCUT2D eigenvalue weighted by Gasteiger charge is 2.14. The van der Waals surface area contributed by atoms with E-state index in [-0.39, 0.29) is 17.5 Å². The lowest BCUT2D eigenvalue weighted by molar-refractivity contribution is -0.384. The summed E-state index contributed by atoms with van der Waals surface area (Å²) in [6, 6.07) is 3.00. The first kappa shape index (κ1) is 14.2. The molecule has 0 saturated heterocycles. The summed E-state index contributed by atoms with van der Waals surface area (Å²) < 4.78 is 0. The molecular weight excluding hydrogens is 234 g/mol. The van der Waals surface area contributed by atoms with Crippen LogP contribution in [0.2, 0.25) is 0 Å². The van der Waals surface area contributed by atoms with Crippen molar-refractivity contribution in [1.82, 2.24) is 4.98 Å². The van der Waals surface area contributed by atoms with Gasteiger partial charge in [-0.1, -0.05) is 19.8 Å². The van der Waals surface area contributed by atoms with Gasteiger partial charge in [0.25, 0.3) is 0 Å². The van der Waals surface area contributed by atoms with Crippen LogP contribution in [-0.4, -0.2) is 22.5 Å². The van der Waals surface area contributed by atoms with E-state index in [1.54, 1.807) is 6.07 Å². The van der Waals surface area contributed by atoms with Gasteiger partial charge >= 0.3 is 5.69 Å². The Hall–Kier alpha value is -1.89. The minimum absolute atomic E-state index is 0.0868. The summed E-state index contributed by atoms with van der Waals surface area (Å²) in [6.07, 6.45) is 3.09. The number of unbranched alkanes of at least 4 members (excludes halogenated alkanes) is 1. The zero-order valence-electron chi connectivity index (χ0n) is 10.4.